The van der Waals surface area contributed by atoms with Gasteiger partial charge in [-0.3, -0.25) is 4.98 Å². The van der Waals surface area contributed by atoms with Gasteiger partial charge in [-0.1, -0.05) is 0 Å². The van der Waals surface area contributed by atoms with Crippen LogP contribution < -0.4 is 0 Å². The topological polar surface area (TPSA) is 52.8 Å². The highest BCUT2D eigenvalue weighted by atomic mass is 79.9. The van der Waals surface area contributed by atoms with Gasteiger partial charge in [0.05, 0.1) is 6.04 Å². The van der Waals surface area contributed by atoms with Crippen LogP contribution >= 0.6 is 15.9 Å². The minimum absolute atomic E-state index is 0.473. The minimum Gasteiger partial charge on any atom is -0.381 e. The average Bonchev–Trinajstić information content (AvgIpc) is 3.27. The van der Waals surface area contributed by atoms with Crippen LogP contribution in [0.15, 0.2) is 22.9 Å². The van der Waals surface area contributed by atoms with E-state index in [0.29, 0.717) is 12.0 Å². The van der Waals surface area contributed by atoms with E-state index in [4.69, 9.17) is 14.8 Å². The van der Waals surface area contributed by atoms with Crippen molar-refractivity contribution in [2.75, 3.05) is 13.2 Å². The van der Waals surface area contributed by atoms with Crippen molar-refractivity contribution in [3.63, 3.8) is 0 Å². The number of hydrogen-bond acceptors (Lipinski definition) is 4. The van der Waals surface area contributed by atoms with Gasteiger partial charge in [0.15, 0.2) is 5.82 Å². The van der Waals surface area contributed by atoms with E-state index >= 15 is 0 Å². The van der Waals surface area contributed by atoms with Gasteiger partial charge in [-0.25, -0.2) is 9.67 Å². The normalized spacial score (nSPS) is 19.9. The molecule has 2 aromatic rings. The van der Waals surface area contributed by atoms with E-state index in [-0.39, 0.29) is 0 Å². The van der Waals surface area contributed by atoms with Crippen LogP contribution in [0.25, 0.3) is 11.4 Å². The Bertz CT molecular complexity index is 647. The first kappa shape index (κ1) is 13.4. The van der Waals surface area contributed by atoms with Crippen molar-refractivity contribution < 1.29 is 4.74 Å². The fraction of sp³-hybridized carbons (Fsp3) is 0.533. The van der Waals surface area contributed by atoms with Gasteiger partial charge in [-0.2, -0.15) is 5.10 Å². The van der Waals surface area contributed by atoms with Crippen LogP contribution in [0, 0.1) is 0 Å². The molecular formula is C15H17BrN4O. The third-order valence-electron chi connectivity index (χ3n) is 4.10. The lowest BCUT2D eigenvalue weighted by Gasteiger charge is -2.21. The molecule has 2 fully saturated rings. The third-order valence-corrected chi connectivity index (χ3v) is 4.53. The molecule has 1 aliphatic carbocycles. The standard InChI is InChI=1S/C15H17BrN4O/c16-12-7-11(8-17-9-12)14-18-15(10-3-5-21-6-4-10)20(19-14)13-1-2-13/h7-10,13H,1-6H2. The maximum Gasteiger partial charge on any atom is 0.183 e. The Kier molecular flexibility index (Phi) is 3.51. The van der Waals surface area contributed by atoms with E-state index in [9.17, 15) is 0 Å². The van der Waals surface area contributed by atoms with Crippen molar-refractivity contribution in [2.24, 2.45) is 0 Å². The van der Waals surface area contributed by atoms with Gasteiger partial charge in [0.1, 0.15) is 5.82 Å². The summed E-state index contributed by atoms with van der Waals surface area (Å²) in [5, 5.41) is 4.76. The van der Waals surface area contributed by atoms with Gasteiger partial charge in [-0.15, -0.1) is 0 Å². The number of rotatable bonds is 3. The molecule has 1 saturated heterocycles. The number of aromatic nitrogens is 4. The maximum atomic E-state index is 5.47. The number of halogens is 1. The highest BCUT2D eigenvalue weighted by Crippen LogP contribution is 2.39. The van der Waals surface area contributed by atoms with Gasteiger partial charge in [0, 0.05) is 41.6 Å². The van der Waals surface area contributed by atoms with Crippen molar-refractivity contribution in [3.8, 4) is 11.4 Å². The molecule has 6 heteroatoms. The van der Waals surface area contributed by atoms with E-state index in [1.807, 2.05) is 12.3 Å². The Hall–Kier alpha value is -1.27. The molecule has 4 rings (SSSR count). The van der Waals surface area contributed by atoms with Crippen LogP contribution in [0.2, 0.25) is 0 Å². The summed E-state index contributed by atoms with van der Waals surface area (Å²) in [6, 6.07) is 2.57. The lowest BCUT2D eigenvalue weighted by Crippen LogP contribution is -2.18. The molecule has 0 spiro atoms. The molecular weight excluding hydrogens is 332 g/mol. The molecule has 0 amide bonds. The molecule has 21 heavy (non-hydrogen) atoms. The lowest BCUT2D eigenvalue weighted by molar-refractivity contribution is 0.0825. The van der Waals surface area contributed by atoms with Crippen LogP contribution in [0.3, 0.4) is 0 Å². The molecule has 0 unspecified atom stereocenters. The predicted octanol–water partition coefficient (Wildman–Crippen LogP) is 3.33. The van der Waals surface area contributed by atoms with Crippen LogP contribution in [-0.4, -0.2) is 33.0 Å². The molecule has 0 bridgehead atoms. The minimum atomic E-state index is 0.473. The Morgan fingerprint density at radius 3 is 2.67 bits per heavy atom. The summed E-state index contributed by atoms with van der Waals surface area (Å²) in [7, 11) is 0. The predicted molar refractivity (Wildman–Crippen MR) is 82.0 cm³/mol. The number of pyridine rings is 1. The van der Waals surface area contributed by atoms with E-state index in [0.717, 1.165) is 47.7 Å². The summed E-state index contributed by atoms with van der Waals surface area (Å²) >= 11 is 3.46. The summed E-state index contributed by atoms with van der Waals surface area (Å²) in [6.45, 7) is 1.66. The molecule has 2 aliphatic rings. The average molecular weight is 349 g/mol. The quantitative estimate of drug-likeness (QED) is 0.853. The molecule has 0 radical (unpaired) electrons. The summed E-state index contributed by atoms with van der Waals surface area (Å²) in [5.41, 5.74) is 0.970. The summed E-state index contributed by atoms with van der Waals surface area (Å²) in [4.78, 5) is 9.06. The molecule has 5 nitrogen and oxygen atoms in total. The monoisotopic (exact) mass is 348 g/mol. The van der Waals surface area contributed by atoms with E-state index < -0.39 is 0 Å². The molecule has 1 saturated carbocycles. The molecule has 2 aromatic heterocycles. The second kappa shape index (κ2) is 5.50. The van der Waals surface area contributed by atoms with Gasteiger partial charge in [-0.05, 0) is 47.7 Å². The van der Waals surface area contributed by atoms with Crippen molar-refractivity contribution in [1.29, 1.82) is 0 Å². The zero-order chi connectivity index (χ0) is 14.2. The Morgan fingerprint density at radius 1 is 1.14 bits per heavy atom. The fourth-order valence-corrected chi connectivity index (χ4v) is 3.18. The maximum absolute atomic E-state index is 5.47. The Balaban J connectivity index is 1.72. The molecule has 3 heterocycles. The summed E-state index contributed by atoms with van der Waals surface area (Å²) < 4.78 is 8.58. The largest absolute Gasteiger partial charge is 0.381 e. The Morgan fingerprint density at radius 2 is 1.95 bits per heavy atom. The highest BCUT2D eigenvalue weighted by Gasteiger charge is 2.32. The van der Waals surface area contributed by atoms with Gasteiger partial charge >= 0.3 is 0 Å². The fourth-order valence-electron chi connectivity index (χ4n) is 2.81. The first-order valence-corrected chi connectivity index (χ1v) is 8.25. The van der Waals surface area contributed by atoms with Crippen molar-refractivity contribution >= 4 is 15.9 Å². The molecule has 1 aliphatic heterocycles. The first-order chi connectivity index (χ1) is 10.3. The van der Waals surface area contributed by atoms with Gasteiger partial charge in [0.25, 0.3) is 0 Å². The van der Waals surface area contributed by atoms with E-state index in [2.05, 4.69) is 25.6 Å². The van der Waals surface area contributed by atoms with Crippen LogP contribution in [-0.2, 0) is 4.74 Å². The smallest absolute Gasteiger partial charge is 0.183 e. The second-order valence-electron chi connectivity index (χ2n) is 5.75. The van der Waals surface area contributed by atoms with E-state index in [1.165, 1.54) is 12.8 Å². The van der Waals surface area contributed by atoms with Crippen molar-refractivity contribution in [3.05, 3.63) is 28.8 Å². The van der Waals surface area contributed by atoms with Crippen molar-refractivity contribution in [2.45, 2.75) is 37.6 Å². The Labute approximate surface area is 131 Å². The van der Waals surface area contributed by atoms with Crippen LogP contribution in [0.5, 0.6) is 0 Å². The number of hydrogen-bond donors (Lipinski definition) is 0. The zero-order valence-electron chi connectivity index (χ0n) is 11.7. The molecule has 0 aromatic carbocycles. The van der Waals surface area contributed by atoms with Crippen LogP contribution in [0.1, 0.15) is 43.5 Å². The van der Waals surface area contributed by atoms with Crippen molar-refractivity contribution in [1.82, 2.24) is 19.7 Å². The second-order valence-corrected chi connectivity index (χ2v) is 6.66. The van der Waals surface area contributed by atoms with E-state index in [1.54, 1.807) is 6.20 Å². The number of nitrogens with zero attached hydrogens (tertiary/aromatic N) is 4. The lowest BCUT2D eigenvalue weighted by atomic mass is 9.99. The van der Waals surface area contributed by atoms with Crippen LogP contribution in [0.4, 0.5) is 0 Å². The SMILES string of the molecule is Brc1cncc(-c2nc(C3CCOCC3)n(C3CC3)n2)c1. The summed E-state index contributed by atoms with van der Waals surface area (Å²) in [6.07, 6.45) is 8.13. The first-order valence-electron chi connectivity index (χ1n) is 7.46. The number of ether oxygens (including phenoxy) is 1. The molecule has 110 valence electrons. The zero-order valence-corrected chi connectivity index (χ0v) is 13.3. The molecule has 0 atom stereocenters. The highest BCUT2D eigenvalue weighted by molar-refractivity contribution is 9.10. The molecule has 0 N–H and O–H groups in total. The van der Waals surface area contributed by atoms with Gasteiger partial charge < -0.3 is 4.74 Å². The summed E-state index contributed by atoms with van der Waals surface area (Å²) in [5.74, 6) is 2.40. The third kappa shape index (κ3) is 2.74. The van der Waals surface area contributed by atoms with Gasteiger partial charge in [0.2, 0.25) is 0 Å².